The molecule has 0 atom stereocenters. The fraction of sp³-hybridized carbons (Fsp3) is 0.286. The number of rotatable bonds is 7. The van der Waals surface area contributed by atoms with Crippen molar-refractivity contribution in [2.24, 2.45) is 0 Å². The van der Waals surface area contributed by atoms with Crippen LogP contribution in [0.3, 0.4) is 0 Å². The fourth-order valence-corrected chi connectivity index (χ4v) is 3.15. The number of imidazole rings is 1. The molecule has 0 aliphatic heterocycles. The summed E-state index contributed by atoms with van der Waals surface area (Å²) >= 11 is 0. The van der Waals surface area contributed by atoms with Gasteiger partial charge < -0.3 is 14.8 Å². The van der Waals surface area contributed by atoms with E-state index in [4.69, 9.17) is 0 Å². The van der Waals surface area contributed by atoms with Crippen LogP contribution in [0.5, 0.6) is 0 Å². The number of nitrogens with zero attached hydrogens (tertiary/aromatic N) is 3. The largest absolute Gasteiger partial charge is 0.345 e. The number of carbonyl (C=O) groups excluding carboxylic acids is 2. The summed E-state index contributed by atoms with van der Waals surface area (Å²) in [6.07, 6.45) is 0. The van der Waals surface area contributed by atoms with Crippen LogP contribution in [0.2, 0.25) is 0 Å². The van der Waals surface area contributed by atoms with Gasteiger partial charge in [0.2, 0.25) is 5.91 Å². The average Bonchev–Trinajstić information content (AvgIpc) is 3.05. The van der Waals surface area contributed by atoms with E-state index < -0.39 is 11.7 Å². The van der Waals surface area contributed by atoms with E-state index in [-0.39, 0.29) is 24.6 Å². The van der Waals surface area contributed by atoms with E-state index >= 15 is 0 Å². The summed E-state index contributed by atoms with van der Waals surface area (Å²) in [6, 6.07) is 13.3. The highest BCUT2D eigenvalue weighted by Crippen LogP contribution is 2.17. The van der Waals surface area contributed by atoms with Crippen molar-refractivity contribution in [3.8, 4) is 0 Å². The quantitative estimate of drug-likeness (QED) is 0.683. The third kappa shape index (κ3) is 4.03. The predicted molar refractivity (Wildman–Crippen MR) is 105 cm³/mol. The van der Waals surface area contributed by atoms with E-state index in [1.54, 1.807) is 15.5 Å². The molecule has 0 aliphatic carbocycles. The highest BCUT2D eigenvalue weighted by molar-refractivity contribution is 5.94. The molecule has 3 aromatic rings. The molecule has 0 spiro atoms. The van der Waals surface area contributed by atoms with Gasteiger partial charge in [-0.2, -0.15) is 0 Å². The molecular weight excluding hydrogens is 359 g/mol. The maximum atomic E-state index is 13.8. The third-order valence-corrected chi connectivity index (χ3v) is 4.67. The van der Waals surface area contributed by atoms with Crippen molar-refractivity contribution in [1.29, 1.82) is 0 Å². The number of nitrogens with one attached hydrogen (secondary N) is 1. The lowest BCUT2D eigenvalue weighted by molar-refractivity contribution is -0.131. The molecule has 0 saturated carbocycles. The van der Waals surface area contributed by atoms with Gasteiger partial charge in [-0.3, -0.25) is 9.59 Å². The van der Waals surface area contributed by atoms with Gasteiger partial charge in [0.15, 0.2) is 0 Å². The summed E-state index contributed by atoms with van der Waals surface area (Å²) in [7, 11) is 0. The first-order valence-electron chi connectivity index (χ1n) is 9.29. The van der Waals surface area contributed by atoms with Crippen LogP contribution in [0.25, 0.3) is 11.0 Å². The molecule has 1 N–H and O–H groups in total. The van der Waals surface area contributed by atoms with Gasteiger partial charge >= 0.3 is 0 Å². The topological polar surface area (TPSA) is 67.2 Å². The second-order valence-corrected chi connectivity index (χ2v) is 6.33. The van der Waals surface area contributed by atoms with Gasteiger partial charge in [-0.1, -0.05) is 24.3 Å². The number of fused-ring (bicyclic) bond motifs is 1. The van der Waals surface area contributed by atoms with Crippen LogP contribution >= 0.6 is 0 Å². The number of halogens is 1. The molecular formula is C21H23FN4O2. The number of benzene rings is 2. The average molecular weight is 382 g/mol. The van der Waals surface area contributed by atoms with Crippen molar-refractivity contribution in [3.05, 3.63) is 65.7 Å². The number of hydrogen-bond donors (Lipinski definition) is 1. The summed E-state index contributed by atoms with van der Waals surface area (Å²) in [4.78, 5) is 31.2. The number of hydrogen-bond acceptors (Lipinski definition) is 3. The first kappa shape index (κ1) is 19.5. The molecule has 0 aliphatic rings. The first-order valence-corrected chi connectivity index (χ1v) is 9.29. The fourth-order valence-electron chi connectivity index (χ4n) is 3.15. The molecule has 7 heteroatoms. The Balaban J connectivity index is 1.85. The van der Waals surface area contributed by atoms with Crippen molar-refractivity contribution in [1.82, 2.24) is 19.8 Å². The SMILES string of the molecule is CCN(CC)C(=O)Cn1c(CNC(=O)c2ccccc2F)nc2ccccc21. The summed E-state index contributed by atoms with van der Waals surface area (Å²) in [5.41, 5.74) is 1.53. The Kier molecular flexibility index (Phi) is 6.03. The molecule has 0 unspecified atom stereocenters. The Bertz CT molecular complexity index is 995. The second-order valence-electron chi connectivity index (χ2n) is 6.33. The van der Waals surface area contributed by atoms with Crippen molar-refractivity contribution in [3.63, 3.8) is 0 Å². The smallest absolute Gasteiger partial charge is 0.254 e. The Morgan fingerprint density at radius 2 is 1.75 bits per heavy atom. The number of amides is 2. The van der Waals surface area contributed by atoms with Gasteiger partial charge in [-0.15, -0.1) is 0 Å². The Morgan fingerprint density at radius 1 is 1.07 bits per heavy atom. The molecule has 6 nitrogen and oxygen atoms in total. The van der Waals surface area contributed by atoms with Crippen LogP contribution in [-0.4, -0.2) is 39.4 Å². The molecule has 28 heavy (non-hydrogen) atoms. The molecule has 2 amide bonds. The Labute approximate surface area is 163 Å². The van der Waals surface area contributed by atoms with E-state index in [1.165, 1.54) is 18.2 Å². The van der Waals surface area contributed by atoms with E-state index in [1.807, 2.05) is 38.1 Å². The molecule has 3 rings (SSSR count). The Morgan fingerprint density at radius 3 is 2.46 bits per heavy atom. The molecule has 146 valence electrons. The molecule has 0 saturated heterocycles. The predicted octanol–water partition coefficient (Wildman–Crippen LogP) is 2.97. The van der Waals surface area contributed by atoms with E-state index in [0.717, 1.165) is 11.0 Å². The van der Waals surface area contributed by atoms with Crippen molar-refractivity contribution in [2.75, 3.05) is 13.1 Å². The maximum absolute atomic E-state index is 13.8. The highest BCUT2D eigenvalue weighted by Gasteiger charge is 2.18. The third-order valence-electron chi connectivity index (χ3n) is 4.67. The van der Waals surface area contributed by atoms with Crippen LogP contribution in [0.4, 0.5) is 4.39 Å². The lowest BCUT2D eigenvalue weighted by Crippen LogP contribution is -2.34. The summed E-state index contributed by atoms with van der Waals surface area (Å²) in [5.74, 6) is -0.571. The number of para-hydroxylation sites is 2. The van der Waals surface area contributed by atoms with E-state index in [0.29, 0.717) is 18.9 Å². The van der Waals surface area contributed by atoms with Gasteiger partial charge in [-0.25, -0.2) is 9.37 Å². The summed E-state index contributed by atoms with van der Waals surface area (Å²) in [6.45, 7) is 5.34. The highest BCUT2D eigenvalue weighted by atomic mass is 19.1. The molecule has 2 aromatic carbocycles. The van der Waals surface area contributed by atoms with Gasteiger partial charge in [-0.05, 0) is 38.1 Å². The normalized spacial score (nSPS) is 10.8. The summed E-state index contributed by atoms with van der Waals surface area (Å²) < 4.78 is 15.6. The molecule has 0 bridgehead atoms. The number of carbonyl (C=O) groups is 2. The first-order chi connectivity index (χ1) is 13.5. The van der Waals surface area contributed by atoms with Gasteiger partial charge in [0.25, 0.3) is 5.91 Å². The molecule has 1 heterocycles. The monoisotopic (exact) mass is 382 g/mol. The zero-order valence-corrected chi connectivity index (χ0v) is 16.0. The minimum Gasteiger partial charge on any atom is -0.345 e. The lowest BCUT2D eigenvalue weighted by Gasteiger charge is -2.20. The number of likely N-dealkylation sites (N-methyl/N-ethyl adjacent to an activating group) is 1. The second kappa shape index (κ2) is 8.65. The molecule has 1 aromatic heterocycles. The van der Waals surface area contributed by atoms with Gasteiger partial charge in [0, 0.05) is 13.1 Å². The van der Waals surface area contributed by atoms with Crippen LogP contribution in [0.1, 0.15) is 30.0 Å². The van der Waals surface area contributed by atoms with Crippen LogP contribution in [0, 0.1) is 5.82 Å². The zero-order valence-electron chi connectivity index (χ0n) is 16.0. The minimum absolute atomic E-state index is 0.0187. The minimum atomic E-state index is -0.579. The van der Waals surface area contributed by atoms with Crippen molar-refractivity contribution < 1.29 is 14.0 Å². The molecule has 0 fully saturated rings. The maximum Gasteiger partial charge on any atom is 0.254 e. The van der Waals surface area contributed by atoms with Gasteiger partial charge in [0.1, 0.15) is 18.2 Å². The van der Waals surface area contributed by atoms with E-state index in [9.17, 15) is 14.0 Å². The van der Waals surface area contributed by atoms with Crippen molar-refractivity contribution >= 4 is 22.8 Å². The standard InChI is InChI=1S/C21H23FN4O2/c1-3-25(4-2)20(27)14-26-18-12-8-7-11-17(18)24-19(26)13-23-21(28)15-9-5-6-10-16(15)22/h5-12H,3-4,13-14H2,1-2H3,(H,23,28). The lowest BCUT2D eigenvalue weighted by atomic mass is 10.2. The van der Waals surface area contributed by atoms with Crippen molar-refractivity contribution in [2.45, 2.75) is 26.9 Å². The van der Waals surface area contributed by atoms with Crippen LogP contribution < -0.4 is 5.32 Å². The van der Waals surface area contributed by atoms with Crippen LogP contribution in [0.15, 0.2) is 48.5 Å². The van der Waals surface area contributed by atoms with Gasteiger partial charge in [0.05, 0.1) is 23.1 Å². The Hall–Kier alpha value is -3.22. The zero-order chi connectivity index (χ0) is 20.1. The van der Waals surface area contributed by atoms with Crippen LogP contribution in [-0.2, 0) is 17.9 Å². The number of aromatic nitrogens is 2. The van der Waals surface area contributed by atoms with E-state index in [2.05, 4.69) is 10.3 Å². The summed E-state index contributed by atoms with van der Waals surface area (Å²) in [5, 5.41) is 2.70. The molecule has 0 radical (unpaired) electrons.